The van der Waals surface area contributed by atoms with Crippen molar-refractivity contribution in [3.63, 3.8) is 0 Å². The first kappa shape index (κ1) is 30.6. The minimum Gasteiger partial charge on any atom is -0.377 e. The maximum absolute atomic E-state index is 13.2. The van der Waals surface area contributed by atoms with Gasteiger partial charge in [-0.05, 0) is 54.3 Å². The number of likely N-dealkylation sites (N-methyl/N-ethyl adjacent to an activating group) is 1. The topological polar surface area (TPSA) is 44.4 Å². The van der Waals surface area contributed by atoms with Crippen LogP contribution >= 0.6 is 0 Å². The molecule has 1 fully saturated rings. The van der Waals surface area contributed by atoms with E-state index in [1.165, 1.54) is 19.3 Å². The summed E-state index contributed by atoms with van der Waals surface area (Å²) < 4.78 is 0. The van der Waals surface area contributed by atoms with Crippen LogP contribution in [0.1, 0.15) is 107 Å². The zero-order chi connectivity index (χ0) is 26.1. The normalized spacial score (nSPS) is 19.6. The van der Waals surface area contributed by atoms with E-state index in [4.69, 9.17) is 0 Å². The summed E-state index contributed by atoms with van der Waals surface area (Å²) in [5.74, 6) is 1.42. The Labute approximate surface area is 212 Å². The number of carbonyl (C=O) groups is 1. The molecule has 3 unspecified atom stereocenters. The van der Waals surface area contributed by atoms with Gasteiger partial charge < -0.3 is 15.5 Å². The number of nitrogens with zero attached hydrogens (tertiary/aromatic N) is 1. The second kappa shape index (κ2) is 13.6. The van der Waals surface area contributed by atoms with Crippen molar-refractivity contribution >= 4 is 6.03 Å². The van der Waals surface area contributed by atoms with E-state index in [0.29, 0.717) is 17.8 Å². The molecule has 0 saturated heterocycles. The zero-order valence-corrected chi connectivity index (χ0v) is 24.1. The van der Waals surface area contributed by atoms with E-state index < -0.39 is 0 Å². The highest BCUT2D eigenvalue weighted by molar-refractivity contribution is 5.75. The van der Waals surface area contributed by atoms with Gasteiger partial charge in [0, 0.05) is 25.3 Å². The number of hydrogen-bond acceptors (Lipinski definition) is 2. The molecule has 0 spiro atoms. The lowest BCUT2D eigenvalue weighted by Gasteiger charge is -2.45. The van der Waals surface area contributed by atoms with E-state index in [2.05, 4.69) is 97.2 Å². The minimum absolute atomic E-state index is 0.0385. The molecule has 4 heteroatoms. The van der Waals surface area contributed by atoms with Crippen molar-refractivity contribution in [2.75, 3.05) is 13.6 Å². The van der Waals surface area contributed by atoms with Crippen molar-refractivity contribution in [1.29, 1.82) is 0 Å². The van der Waals surface area contributed by atoms with Crippen molar-refractivity contribution < 1.29 is 4.79 Å². The van der Waals surface area contributed by atoms with Crippen LogP contribution in [0.15, 0.2) is 24.9 Å². The summed E-state index contributed by atoms with van der Waals surface area (Å²) in [6.07, 6.45) is 11.2. The highest BCUT2D eigenvalue weighted by Gasteiger charge is 2.39. The summed E-state index contributed by atoms with van der Waals surface area (Å²) >= 11 is 0. The van der Waals surface area contributed by atoms with Crippen LogP contribution in [-0.2, 0) is 0 Å². The Hall–Kier alpha value is -1.45. The predicted octanol–water partition coefficient (Wildman–Crippen LogP) is 7.77. The van der Waals surface area contributed by atoms with Crippen LogP contribution < -0.4 is 10.6 Å². The Morgan fingerprint density at radius 2 is 1.68 bits per heavy atom. The van der Waals surface area contributed by atoms with Crippen LogP contribution in [0.3, 0.4) is 0 Å². The third kappa shape index (κ3) is 8.96. The summed E-state index contributed by atoms with van der Waals surface area (Å²) in [5.41, 5.74) is 1.29. The number of rotatable bonds is 13. The average Bonchev–Trinajstić information content (AvgIpc) is 2.75. The van der Waals surface area contributed by atoms with Gasteiger partial charge in [0.1, 0.15) is 0 Å². The third-order valence-electron chi connectivity index (χ3n) is 8.41. The predicted molar refractivity (Wildman–Crippen MR) is 149 cm³/mol. The summed E-state index contributed by atoms with van der Waals surface area (Å²) in [6, 6.07) is 0.0900. The lowest BCUT2D eigenvalue weighted by atomic mass is 9.69. The van der Waals surface area contributed by atoms with Gasteiger partial charge in [0.05, 0.1) is 6.04 Å². The molecule has 4 atom stereocenters. The zero-order valence-electron chi connectivity index (χ0n) is 24.1. The number of carbonyl (C=O) groups excluding carboxylic acids is 1. The van der Waals surface area contributed by atoms with Crippen LogP contribution in [-0.4, -0.2) is 36.6 Å². The van der Waals surface area contributed by atoms with Crippen molar-refractivity contribution in [1.82, 2.24) is 15.5 Å². The molecule has 198 valence electrons. The Kier molecular flexibility index (Phi) is 12.2. The van der Waals surface area contributed by atoms with Crippen molar-refractivity contribution in [2.24, 2.45) is 28.6 Å². The smallest absolute Gasteiger partial charge is 0.315 e. The molecule has 0 aromatic carbocycles. The Morgan fingerprint density at radius 1 is 1.09 bits per heavy atom. The van der Waals surface area contributed by atoms with Gasteiger partial charge >= 0.3 is 6.03 Å². The van der Waals surface area contributed by atoms with Crippen LogP contribution in [0, 0.1) is 28.6 Å². The van der Waals surface area contributed by atoms with Crippen LogP contribution in [0.5, 0.6) is 0 Å². The van der Waals surface area contributed by atoms with Gasteiger partial charge in [0.25, 0.3) is 0 Å². The molecule has 4 nitrogen and oxygen atoms in total. The van der Waals surface area contributed by atoms with Crippen LogP contribution in [0.4, 0.5) is 4.79 Å². The van der Waals surface area contributed by atoms with Gasteiger partial charge in [-0.2, -0.15) is 0 Å². The highest BCUT2D eigenvalue weighted by atomic mass is 16.2. The second-order valence-electron chi connectivity index (χ2n) is 12.7. The number of hydrogen-bond donors (Lipinski definition) is 2. The molecule has 1 aliphatic carbocycles. The summed E-state index contributed by atoms with van der Waals surface area (Å²) in [6.45, 7) is 27.7. The number of amides is 2. The van der Waals surface area contributed by atoms with Crippen molar-refractivity contribution in [3.05, 3.63) is 24.9 Å². The third-order valence-corrected chi connectivity index (χ3v) is 8.41. The van der Waals surface area contributed by atoms with E-state index in [0.717, 1.165) is 44.3 Å². The monoisotopic (exact) mass is 475 g/mol. The SMILES string of the molecule is C=CC(C)[C@H](CCN(C)C(=C)C(NC(=O)NC(CCC)C(C)C)C1(C)CCCCC1)C(C)(C)C. The molecular weight excluding hydrogens is 418 g/mol. The lowest BCUT2D eigenvalue weighted by Crippen LogP contribution is -2.55. The Morgan fingerprint density at radius 3 is 2.15 bits per heavy atom. The highest BCUT2D eigenvalue weighted by Crippen LogP contribution is 2.42. The molecule has 1 rings (SSSR count). The molecule has 0 aromatic heterocycles. The first-order valence-corrected chi connectivity index (χ1v) is 13.9. The fourth-order valence-electron chi connectivity index (χ4n) is 5.88. The quantitative estimate of drug-likeness (QED) is 0.267. The lowest BCUT2D eigenvalue weighted by molar-refractivity contribution is 0.133. The standard InChI is InChI=1S/C30H57N3O/c1-12-17-26(22(3)4)31-28(34)32-27(30(10)19-15-14-16-20-30)24(6)33(11)21-18-25(23(5)13-2)29(7,8)9/h13,22-23,25-27H,2,6,12,14-21H2,1,3-5,7-11H3,(H2,31,32,34)/t23?,25-,26?,27?/m0/s1. The molecular formula is C30H57N3O. The summed E-state index contributed by atoms with van der Waals surface area (Å²) in [5, 5.41) is 6.67. The fourth-order valence-corrected chi connectivity index (χ4v) is 5.88. The molecule has 0 aromatic rings. The second-order valence-corrected chi connectivity index (χ2v) is 12.7. The van der Waals surface area contributed by atoms with Gasteiger partial charge in [0.2, 0.25) is 0 Å². The molecule has 34 heavy (non-hydrogen) atoms. The minimum atomic E-state index is -0.0582. The van der Waals surface area contributed by atoms with Gasteiger partial charge in [-0.3, -0.25) is 0 Å². The number of urea groups is 1. The van der Waals surface area contributed by atoms with Gasteiger partial charge in [-0.25, -0.2) is 4.79 Å². The molecule has 1 aliphatic rings. The van der Waals surface area contributed by atoms with E-state index >= 15 is 0 Å². The summed E-state index contributed by atoms with van der Waals surface area (Å²) in [7, 11) is 2.15. The van der Waals surface area contributed by atoms with E-state index in [9.17, 15) is 4.79 Å². The number of allylic oxidation sites excluding steroid dienone is 1. The van der Waals surface area contributed by atoms with Crippen molar-refractivity contribution in [2.45, 2.75) is 119 Å². The first-order valence-electron chi connectivity index (χ1n) is 13.9. The largest absolute Gasteiger partial charge is 0.377 e. The van der Waals surface area contributed by atoms with Gasteiger partial charge in [-0.1, -0.05) is 93.7 Å². The van der Waals surface area contributed by atoms with Gasteiger partial charge in [-0.15, -0.1) is 6.58 Å². The summed E-state index contributed by atoms with van der Waals surface area (Å²) in [4.78, 5) is 15.5. The average molecular weight is 476 g/mol. The molecule has 0 radical (unpaired) electrons. The molecule has 2 N–H and O–H groups in total. The van der Waals surface area contributed by atoms with Crippen LogP contribution in [0.25, 0.3) is 0 Å². The maximum Gasteiger partial charge on any atom is 0.315 e. The Bertz CT molecular complexity index is 642. The molecule has 2 amide bonds. The molecule has 0 heterocycles. The molecule has 0 aliphatic heterocycles. The molecule has 0 bridgehead atoms. The van der Waals surface area contributed by atoms with E-state index in [-0.39, 0.29) is 28.9 Å². The maximum atomic E-state index is 13.2. The van der Waals surface area contributed by atoms with Crippen LogP contribution in [0.2, 0.25) is 0 Å². The van der Waals surface area contributed by atoms with E-state index in [1.54, 1.807) is 0 Å². The number of nitrogens with one attached hydrogen (secondary N) is 2. The van der Waals surface area contributed by atoms with E-state index in [1.807, 2.05) is 0 Å². The molecule has 1 saturated carbocycles. The van der Waals surface area contributed by atoms with Gasteiger partial charge in [0.15, 0.2) is 0 Å². The first-order chi connectivity index (χ1) is 15.8. The Balaban J connectivity index is 3.02. The van der Waals surface area contributed by atoms with Crippen molar-refractivity contribution in [3.8, 4) is 0 Å². The fraction of sp³-hybridized carbons (Fsp3) is 0.833.